The Hall–Kier alpha value is -0.120. The van der Waals surface area contributed by atoms with Crippen molar-refractivity contribution >= 4 is 0 Å². The zero-order valence-corrected chi connectivity index (χ0v) is 11.9. The molecule has 0 aromatic heterocycles. The van der Waals surface area contributed by atoms with Gasteiger partial charge in [-0.1, -0.05) is 20.8 Å². The van der Waals surface area contributed by atoms with Crippen molar-refractivity contribution in [2.75, 3.05) is 26.9 Å². The topological polar surface area (TPSA) is 44.5 Å². The van der Waals surface area contributed by atoms with E-state index in [0.29, 0.717) is 30.7 Å². The first-order valence-electron chi connectivity index (χ1n) is 6.79. The average Bonchev–Trinajstić information content (AvgIpc) is 2.28. The van der Waals surface area contributed by atoms with E-state index in [4.69, 9.17) is 15.2 Å². The number of nitrogens with two attached hydrogens (primary N) is 1. The van der Waals surface area contributed by atoms with Crippen molar-refractivity contribution in [1.82, 2.24) is 0 Å². The molecule has 0 aromatic rings. The quantitative estimate of drug-likeness (QED) is 0.754. The Morgan fingerprint density at radius 3 is 2.41 bits per heavy atom. The first-order valence-corrected chi connectivity index (χ1v) is 6.79. The molecule has 2 N–H and O–H groups in total. The average molecular weight is 243 g/mol. The molecular weight excluding hydrogens is 214 g/mol. The van der Waals surface area contributed by atoms with Crippen molar-refractivity contribution in [3.8, 4) is 0 Å². The summed E-state index contributed by atoms with van der Waals surface area (Å²) in [5.41, 5.74) is 6.22. The maximum Gasteiger partial charge on any atom is 0.0704 e. The predicted octanol–water partition coefficient (Wildman–Crippen LogP) is 2.44. The number of hydrogen-bond donors (Lipinski definition) is 1. The molecule has 0 heterocycles. The molecular formula is C14H29NO2. The molecule has 1 aliphatic carbocycles. The minimum Gasteiger partial charge on any atom is -0.382 e. The molecule has 0 bridgehead atoms. The van der Waals surface area contributed by atoms with Crippen LogP contribution in [-0.4, -0.2) is 33.0 Å². The van der Waals surface area contributed by atoms with Gasteiger partial charge in [-0.2, -0.15) is 0 Å². The van der Waals surface area contributed by atoms with E-state index in [-0.39, 0.29) is 0 Å². The SMILES string of the molecule is COCCOC1CC(C(C)(C)C)CCC1CN. The van der Waals surface area contributed by atoms with Crippen molar-refractivity contribution in [2.24, 2.45) is 23.0 Å². The standard InChI is InChI=1S/C14H29NO2/c1-14(2,3)12-6-5-11(10-15)13(9-12)17-8-7-16-4/h11-13H,5-10,15H2,1-4H3. The van der Waals surface area contributed by atoms with Gasteiger partial charge in [0.1, 0.15) is 0 Å². The maximum atomic E-state index is 5.95. The molecule has 1 aliphatic rings. The van der Waals surface area contributed by atoms with E-state index in [2.05, 4.69) is 20.8 Å². The van der Waals surface area contributed by atoms with Crippen LogP contribution in [-0.2, 0) is 9.47 Å². The second-order valence-electron chi connectivity index (χ2n) is 6.27. The third-order valence-corrected chi connectivity index (χ3v) is 4.08. The Kier molecular flexibility index (Phi) is 5.90. The van der Waals surface area contributed by atoms with E-state index in [1.807, 2.05) is 0 Å². The number of hydrogen-bond acceptors (Lipinski definition) is 3. The van der Waals surface area contributed by atoms with Gasteiger partial charge in [-0.3, -0.25) is 0 Å². The van der Waals surface area contributed by atoms with Gasteiger partial charge in [0.05, 0.1) is 19.3 Å². The molecule has 3 heteroatoms. The lowest BCUT2D eigenvalue weighted by Gasteiger charge is -2.41. The highest BCUT2D eigenvalue weighted by molar-refractivity contribution is 4.86. The van der Waals surface area contributed by atoms with Crippen LogP contribution in [0.4, 0.5) is 0 Å². The summed E-state index contributed by atoms with van der Waals surface area (Å²) in [4.78, 5) is 0. The van der Waals surface area contributed by atoms with E-state index < -0.39 is 0 Å². The third kappa shape index (κ3) is 4.57. The van der Waals surface area contributed by atoms with Crippen LogP contribution in [0.5, 0.6) is 0 Å². The van der Waals surface area contributed by atoms with Gasteiger partial charge in [-0.15, -0.1) is 0 Å². The van der Waals surface area contributed by atoms with E-state index >= 15 is 0 Å². The molecule has 0 aromatic carbocycles. The smallest absolute Gasteiger partial charge is 0.0704 e. The molecule has 0 spiro atoms. The fourth-order valence-corrected chi connectivity index (χ4v) is 2.74. The lowest BCUT2D eigenvalue weighted by molar-refractivity contribution is -0.0545. The summed E-state index contributed by atoms with van der Waals surface area (Å²) in [6.07, 6.45) is 3.97. The minimum absolute atomic E-state index is 0.327. The van der Waals surface area contributed by atoms with Crippen LogP contribution >= 0.6 is 0 Å². The molecule has 0 radical (unpaired) electrons. The zero-order chi connectivity index (χ0) is 12.9. The van der Waals surface area contributed by atoms with Crippen LogP contribution in [0.3, 0.4) is 0 Å². The number of ether oxygens (including phenoxy) is 2. The Bertz CT molecular complexity index is 213. The Morgan fingerprint density at radius 2 is 1.88 bits per heavy atom. The van der Waals surface area contributed by atoms with Crippen LogP contribution in [0, 0.1) is 17.3 Å². The second kappa shape index (κ2) is 6.72. The molecule has 0 amide bonds. The normalized spacial score (nSPS) is 30.5. The summed E-state index contributed by atoms with van der Waals surface area (Å²) in [6.45, 7) is 9.09. The molecule has 17 heavy (non-hydrogen) atoms. The first-order chi connectivity index (χ1) is 7.99. The van der Waals surface area contributed by atoms with Gasteiger partial charge in [0, 0.05) is 7.11 Å². The molecule has 3 unspecified atom stereocenters. The van der Waals surface area contributed by atoms with Gasteiger partial charge < -0.3 is 15.2 Å². The highest BCUT2D eigenvalue weighted by Gasteiger charge is 2.35. The zero-order valence-electron chi connectivity index (χ0n) is 11.9. The number of methoxy groups -OCH3 is 1. The molecule has 1 saturated carbocycles. The summed E-state index contributed by atoms with van der Waals surface area (Å²) < 4.78 is 11.0. The molecule has 1 rings (SSSR count). The fraction of sp³-hybridized carbons (Fsp3) is 1.00. The van der Waals surface area contributed by atoms with Gasteiger partial charge in [-0.25, -0.2) is 0 Å². The lowest BCUT2D eigenvalue weighted by atomic mass is 9.68. The van der Waals surface area contributed by atoms with Crippen LogP contribution in [0.2, 0.25) is 0 Å². The molecule has 0 aliphatic heterocycles. The second-order valence-corrected chi connectivity index (χ2v) is 6.27. The van der Waals surface area contributed by atoms with Gasteiger partial charge in [0.15, 0.2) is 0 Å². The summed E-state index contributed by atoms with van der Waals surface area (Å²) in [7, 11) is 1.71. The van der Waals surface area contributed by atoms with Crippen LogP contribution in [0.25, 0.3) is 0 Å². The van der Waals surface area contributed by atoms with Crippen molar-refractivity contribution in [1.29, 1.82) is 0 Å². The monoisotopic (exact) mass is 243 g/mol. The molecule has 3 nitrogen and oxygen atoms in total. The highest BCUT2D eigenvalue weighted by atomic mass is 16.5. The fourth-order valence-electron chi connectivity index (χ4n) is 2.74. The van der Waals surface area contributed by atoms with Crippen LogP contribution < -0.4 is 5.73 Å². The first kappa shape index (κ1) is 14.9. The molecule has 102 valence electrons. The summed E-state index contributed by atoms with van der Waals surface area (Å²) in [6, 6.07) is 0. The van der Waals surface area contributed by atoms with E-state index in [0.717, 1.165) is 18.9 Å². The van der Waals surface area contributed by atoms with Crippen molar-refractivity contribution < 1.29 is 9.47 Å². The van der Waals surface area contributed by atoms with Gasteiger partial charge in [0.2, 0.25) is 0 Å². The molecule has 3 atom stereocenters. The van der Waals surface area contributed by atoms with Gasteiger partial charge >= 0.3 is 0 Å². The van der Waals surface area contributed by atoms with E-state index in [1.165, 1.54) is 12.8 Å². The van der Waals surface area contributed by atoms with Crippen molar-refractivity contribution in [3.05, 3.63) is 0 Å². The van der Waals surface area contributed by atoms with Crippen LogP contribution in [0.1, 0.15) is 40.0 Å². The Balaban J connectivity index is 2.49. The van der Waals surface area contributed by atoms with Gasteiger partial charge in [0.25, 0.3) is 0 Å². The number of rotatable bonds is 5. The highest BCUT2D eigenvalue weighted by Crippen LogP contribution is 2.40. The third-order valence-electron chi connectivity index (χ3n) is 4.08. The summed E-state index contributed by atoms with van der Waals surface area (Å²) >= 11 is 0. The van der Waals surface area contributed by atoms with Crippen LogP contribution in [0.15, 0.2) is 0 Å². The summed E-state index contributed by atoms with van der Waals surface area (Å²) in [5.74, 6) is 1.28. The van der Waals surface area contributed by atoms with E-state index in [1.54, 1.807) is 7.11 Å². The summed E-state index contributed by atoms with van der Waals surface area (Å²) in [5, 5.41) is 0. The lowest BCUT2D eigenvalue weighted by Crippen LogP contribution is -2.40. The predicted molar refractivity (Wildman–Crippen MR) is 71.0 cm³/mol. The molecule has 0 saturated heterocycles. The Morgan fingerprint density at radius 1 is 1.18 bits per heavy atom. The van der Waals surface area contributed by atoms with Crippen molar-refractivity contribution in [3.63, 3.8) is 0 Å². The largest absolute Gasteiger partial charge is 0.382 e. The van der Waals surface area contributed by atoms with Gasteiger partial charge in [-0.05, 0) is 43.1 Å². The van der Waals surface area contributed by atoms with E-state index in [9.17, 15) is 0 Å². The Labute approximate surface area is 106 Å². The minimum atomic E-state index is 0.327. The maximum absolute atomic E-state index is 5.95. The molecule has 1 fully saturated rings. The van der Waals surface area contributed by atoms with Crippen molar-refractivity contribution in [2.45, 2.75) is 46.1 Å².